The molecular weight excluding hydrogens is 232 g/mol. The van der Waals surface area contributed by atoms with Gasteiger partial charge in [0, 0.05) is 25.9 Å². The van der Waals surface area contributed by atoms with Gasteiger partial charge in [0.15, 0.2) is 0 Å². The second-order valence-electron chi connectivity index (χ2n) is 5.57. The quantitative estimate of drug-likeness (QED) is 0.704. The molecule has 1 amide bonds. The van der Waals surface area contributed by atoms with Gasteiger partial charge in [0.05, 0.1) is 6.61 Å². The molecule has 1 heterocycles. The molecule has 0 saturated carbocycles. The lowest BCUT2D eigenvalue weighted by Crippen LogP contribution is -2.58. The number of hydrogen-bond donors (Lipinski definition) is 2. The summed E-state index contributed by atoms with van der Waals surface area (Å²) in [5.74, 6) is 0.165. The first-order valence-corrected chi connectivity index (χ1v) is 6.67. The van der Waals surface area contributed by atoms with E-state index in [9.17, 15) is 4.79 Å². The van der Waals surface area contributed by atoms with Crippen molar-refractivity contribution in [3.63, 3.8) is 0 Å². The van der Waals surface area contributed by atoms with Crippen LogP contribution in [-0.2, 0) is 14.3 Å². The smallest absolute Gasteiger partial charge is 0.239 e. The van der Waals surface area contributed by atoms with Crippen LogP contribution >= 0.6 is 0 Å². The number of nitrogens with two attached hydrogens (primary N) is 1. The Bertz CT molecular complexity index is 265. The Labute approximate surface area is 109 Å². The number of ether oxygens (including phenoxy) is 2. The predicted octanol–water partition coefficient (Wildman–Crippen LogP) is 0.672. The van der Waals surface area contributed by atoms with Gasteiger partial charge in [-0.1, -0.05) is 0 Å². The molecule has 106 valence electrons. The summed E-state index contributed by atoms with van der Waals surface area (Å²) < 4.78 is 11.0. The fourth-order valence-electron chi connectivity index (χ4n) is 2.16. The van der Waals surface area contributed by atoms with Crippen LogP contribution in [0.25, 0.3) is 0 Å². The van der Waals surface area contributed by atoms with Crippen molar-refractivity contribution in [1.29, 1.82) is 0 Å². The maximum absolute atomic E-state index is 11.5. The summed E-state index contributed by atoms with van der Waals surface area (Å²) in [5.41, 5.74) is 4.64. The minimum Gasteiger partial charge on any atom is -0.381 e. The molecule has 0 aromatic carbocycles. The molecule has 1 saturated heterocycles. The zero-order chi connectivity index (χ0) is 13.6. The third kappa shape index (κ3) is 4.92. The van der Waals surface area contributed by atoms with Gasteiger partial charge in [0.25, 0.3) is 0 Å². The highest BCUT2D eigenvalue weighted by atomic mass is 16.5. The van der Waals surface area contributed by atoms with Crippen LogP contribution in [0.1, 0.15) is 33.6 Å². The molecule has 3 N–H and O–H groups in total. The van der Waals surface area contributed by atoms with Crippen molar-refractivity contribution >= 4 is 5.91 Å². The Morgan fingerprint density at radius 1 is 1.50 bits per heavy atom. The predicted molar refractivity (Wildman–Crippen MR) is 70.2 cm³/mol. The first kappa shape index (κ1) is 15.4. The van der Waals surface area contributed by atoms with Crippen LogP contribution in [-0.4, -0.2) is 43.9 Å². The van der Waals surface area contributed by atoms with Crippen molar-refractivity contribution in [2.75, 3.05) is 26.4 Å². The van der Waals surface area contributed by atoms with E-state index in [-0.39, 0.29) is 11.9 Å². The molecule has 0 aliphatic carbocycles. The van der Waals surface area contributed by atoms with Gasteiger partial charge in [-0.05, 0) is 39.5 Å². The Morgan fingerprint density at radius 3 is 2.61 bits per heavy atom. The summed E-state index contributed by atoms with van der Waals surface area (Å²) in [4.78, 5) is 11.5. The highest BCUT2D eigenvalue weighted by Gasteiger charge is 2.32. The molecule has 1 aliphatic rings. The van der Waals surface area contributed by atoms with Gasteiger partial charge >= 0.3 is 0 Å². The molecule has 1 atom stereocenters. The number of hydrogen-bond acceptors (Lipinski definition) is 4. The van der Waals surface area contributed by atoms with E-state index in [0.29, 0.717) is 19.1 Å². The summed E-state index contributed by atoms with van der Waals surface area (Å²) >= 11 is 0. The van der Waals surface area contributed by atoms with Crippen molar-refractivity contribution in [1.82, 2.24) is 5.32 Å². The average Bonchev–Trinajstić information content (AvgIpc) is 2.29. The molecule has 0 bridgehead atoms. The van der Waals surface area contributed by atoms with Gasteiger partial charge in [-0.3, -0.25) is 10.1 Å². The molecule has 5 nitrogen and oxygen atoms in total. The molecule has 5 heteroatoms. The van der Waals surface area contributed by atoms with Gasteiger partial charge < -0.3 is 15.2 Å². The van der Waals surface area contributed by atoms with E-state index >= 15 is 0 Å². The number of carbonyl (C=O) groups excluding carboxylic acids is 1. The Hall–Kier alpha value is -0.650. The summed E-state index contributed by atoms with van der Waals surface area (Å²) in [6, 6.07) is 0.189. The van der Waals surface area contributed by atoms with Crippen LogP contribution in [0.3, 0.4) is 0 Å². The van der Waals surface area contributed by atoms with E-state index in [2.05, 4.69) is 5.32 Å². The first-order chi connectivity index (χ1) is 8.44. The van der Waals surface area contributed by atoms with E-state index in [1.165, 1.54) is 0 Å². The molecule has 1 fully saturated rings. The zero-order valence-electron chi connectivity index (χ0n) is 11.7. The Kier molecular flexibility index (Phi) is 6.05. The summed E-state index contributed by atoms with van der Waals surface area (Å²) in [7, 11) is 0. The fraction of sp³-hybridized carbons (Fsp3) is 0.923. The lowest BCUT2D eigenvalue weighted by Gasteiger charge is -2.30. The number of amides is 1. The summed E-state index contributed by atoms with van der Waals surface area (Å²) in [6.07, 6.45) is 2.07. The van der Waals surface area contributed by atoms with E-state index < -0.39 is 5.54 Å². The molecule has 1 aliphatic heterocycles. The topological polar surface area (TPSA) is 73.6 Å². The Balaban J connectivity index is 2.35. The van der Waals surface area contributed by atoms with Crippen molar-refractivity contribution in [3.8, 4) is 0 Å². The second kappa shape index (κ2) is 7.07. The standard InChI is InChI=1S/C13H26N2O3/c1-10(2)15-13(3,12(14)16)9-18-8-11-4-6-17-7-5-11/h10-11,15H,4-9H2,1-3H3,(H2,14,16). The minimum atomic E-state index is -0.792. The van der Waals surface area contributed by atoms with Gasteiger partial charge in [-0.15, -0.1) is 0 Å². The minimum absolute atomic E-state index is 0.189. The molecule has 1 rings (SSSR count). The maximum Gasteiger partial charge on any atom is 0.239 e. The number of primary amides is 1. The molecular formula is C13H26N2O3. The third-order valence-corrected chi connectivity index (χ3v) is 3.24. The highest BCUT2D eigenvalue weighted by Crippen LogP contribution is 2.16. The monoisotopic (exact) mass is 258 g/mol. The number of rotatable bonds is 7. The lowest BCUT2D eigenvalue weighted by molar-refractivity contribution is -0.127. The molecule has 0 aromatic heterocycles. The van der Waals surface area contributed by atoms with Crippen molar-refractivity contribution in [2.24, 2.45) is 11.7 Å². The Morgan fingerprint density at radius 2 is 2.11 bits per heavy atom. The van der Waals surface area contributed by atoms with Gasteiger partial charge in [-0.2, -0.15) is 0 Å². The van der Waals surface area contributed by atoms with Crippen LogP contribution in [0.15, 0.2) is 0 Å². The summed E-state index contributed by atoms with van der Waals surface area (Å²) in [6.45, 7) is 8.37. The van der Waals surface area contributed by atoms with Crippen LogP contribution < -0.4 is 11.1 Å². The molecule has 1 unspecified atom stereocenters. The van der Waals surface area contributed by atoms with Crippen molar-refractivity contribution in [3.05, 3.63) is 0 Å². The maximum atomic E-state index is 11.5. The van der Waals surface area contributed by atoms with E-state index in [1.54, 1.807) is 6.92 Å². The molecule has 0 spiro atoms. The number of nitrogens with one attached hydrogen (secondary N) is 1. The van der Waals surface area contributed by atoms with Gasteiger partial charge in [-0.25, -0.2) is 0 Å². The largest absolute Gasteiger partial charge is 0.381 e. The summed E-state index contributed by atoms with van der Waals surface area (Å²) in [5, 5.41) is 3.17. The van der Waals surface area contributed by atoms with Crippen molar-refractivity contribution in [2.45, 2.75) is 45.2 Å². The van der Waals surface area contributed by atoms with Crippen LogP contribution in [0.5, 0.6) is 0 Å². The van der Waals surface area contributed by atoms with E-state index in [0.717, 1.165) is 26.1 Å². The normalized spacial score (nSPS) is 20.9. The van der Waals surface area contributed by atoms with Gasteiger partial charge in [0.2, 0.25) is 5.91 Å². The van der Waals surface area contributed by atoms with Crippen LogP contribution in [0.4, 0.5) is 0 Å². The average molecular weight is 258 g/mol. The zero-order valence-corrected chi connectivity index (χ0v) is 11.7. The molecule has 0 aromatic rings. The fourth-order valence-corrected chi connectivity index (χ4v) is 2.16. The molecule has 0 radical (unpaired) electrons. The highest BCUT2D eigenvalue weighted by molar-refractivity contribution is 5.84. The van der Waals surface area contributed by atoms with E-state index in [4.69, 9.17) is 15.2 Å². The van der Waals surface area contributed by atoms with Crippen LogP contribution in [0, 0.1) is 5.92 Å². The van der Waals surface area contributed by atoms with Crippen LogP contribution in [0.2, 0.25) is 0 Å². The molecule has 18 heavy (non-hydrogen) atoms. The third-order valence-electron chi connectivity index (χ3n) is 3.24. The SMILES string of the molecule is CC(C)NC(C)(COCC1CCOCC1)C(N)=O. The van der Waals surface area contributed by atoms with E-state index in [1.807, 2.05) is 13.8 Å². The lowest BCUT2D eigenvalue weighted by atomic mass is 10.00. The first-order valence-electron chi connectivity index (χ1n) is 6.67. The van der Waals surface area contributed by atoms with Crippen molar-refractivity contribution < 1.29 is 14.3 Å². The number of carbonyl (C=O) groups is 1. The van der Waals surface area contributed by atoms with Gasteiger partial charge in [0.1, 0.15) is 5.54 Å². The second-order valence-corrected chi connectivity index (χ2v) is 5.57.